The zero-order chi connectivity index (χ0) is 17.5. The molecule has 132 valence electrons. The van der Waals surface area contributed by atoms with Gasteiger partial charge in [0.1, 0.15) is 12.4 Å². The zero-order valence-electron chi connectivity index (χ0n) is 14.9. The minimum absolute atomic E-state index is 0.0997. The Labute approximate surface area is 143 Å². The van der Waals surface area contributed by atoms with Gasteiger partial charge in [-0.2, -0.15) is 0 Å². The molecular formula is C18H27N3O3. The molecule has 2 unspecified atom stereocenters. The van der Waals surface area contributed by atoms with E-state index in [-0.39, 0.29) is 17.8 Å². The van der Waals surface area contributed by atoms with Gasteiger partial charge in [-0.25, -0.2) is 0 Å². The van der Waals surface area contributed by atoms with Crippen LogP contribution < -0.4 is 10.1 Å². The van der Waals surface area contributed by atoms with Crippen LogP contribution in [0.15, 0.2) is 29.3 Å². The molecule has 1 heterocycles. The first-order chi connectivity index (χ1) is 11.5. The number of benzene rings is 1. The smallest absolute Gasteiger partial charge is 0.310 e. The van der Waals surface area contributed by atoms with Gasteiger partial charge in [0.25, 0.3) is 0 Å². The highest BCUT2D eigenvalue weighted by Crippen LogP contribution is 2.24. The van der Waals surface area contributed by atoms with E-state index in [1.54, 1.807) is 7.05 Å². The number of carbonyl (C=O) groups excluding carboxylic acids is 1. The average Bonchev–Trinajstić information content (AvgIpc) is 2.97. The topological polar surface area (TPSA) is 63.2 Å². The number of methoxy groups -OCH3 is 1. The Morgan fingerprint density at radius 2 is 2.04 bits per heavy atom. The molecule has 1 N–H and O–H groups in total. The lowest BCUT2D eigenvalue weighted by molar-refractivity contribution is -0.145. The van der Waals surface area contributed by atoms with E-state index in [2.05, 4.69) is 22.1 Å². The maximum Gasteiger partial charge on any atom is 0.310 e. The molecule has 1 saturated heterocycles. The van der Waals surface area contributed by atoms with E-state index in [4.69, 9.17) is 9.47 Å². The molecule has 0 aliphatic carbocycles. The Kier molecular flexibility index (Phi) is 6.46. The molecule has 0 aromatic heterocycles. The second-order valence-corrected chi connectivity index (χ2v) is 6.15. The van der Waals surface area contributed by atoms with E-state index < -0.39 is 0 Å². The van der Waals surface area contributed by atoms with Crippen LogP contribution in [-0.4, -0.2) is 57.2 Å². The largest absolute Gasteiger partial charge is 0.492 e. The summed E-state index contributed by atoms with van der Waals surface area (Å²) in [6.45, 7) is 6.73. The fourth-order valence-corrected chi connectivity index (χ4v) is 2.90. The van der Waals surface area contributed by atoms with Gasteiger partial charge in [-0.15, -0.1) is 0 Å². The predicted molar refractivity (Wildman–Crippen MR) is 94.3 cm³/mol. The summed E-state index contributed by atoms with van der Waals surface area (Å²) >= 11 is 0. The number of rotatable bonds is 5. The van der Waals surface area contributed by atoms with Crippen molar-refractivity contribution in [2.45, 2.75) is 13.8 Å². The van der Waals surface area contributed by atoms with Gasteiger partial charge in [0.2, 0.25) is 0 Å². The fraction of sp³-hybridized carbons (Fsp3) is 0.556. The van der Waals surface area contributed by atoms with Gasteiger partial charge >= 0.3 is 5.97 Å². The first kappa shape index (κ1) is 18.1. The number of aryl methyl sites for hydroxylation is 1. The summed E-state index contributed by atoms with van der Waals surface area (Å²) in [7, 11) is 3.19. The Balaban J connectivity index is 1.78. The van der Waals surface area contributed by atoms with Crippen molar-refractivity contribution >= 4 is 11.9 Å². The van der Waals surface area contributed by atoms with Crippen LogP contribution in [0.25, 0.3) is 0 Å². The van der Waals surface area contributed by atoms with Gasteiger partial charge in [-0.1, -0.05) is 24.6 Å². The summed E-state index contributed by atoms with van der Waals surface area (Å²) in [6.07, 6.45) is 0. The molecule has 1 aliphatic rings. The average molecular weight is 333 g/mol. The Hall–Kier alpha value is -2.24. The van der Waals surface area contributed by atoms with Crippen LogP contribution in [0.2, 0.25) is 0 Å². The lowest BCUT2D eigenvalue weighted by Crippen LogP contribution is -2.42. The number of ether oxygens (including phenoxy) is 2. The van der Waals surface area contributed by atoms with Crippen molar-refractivity contribution in [2.24, 2.45) is 16.8 Å². The maximum absolute atomic E-state index is 11.8. The van der Waals surface area contributed by atoms with Gasteiger partial charge in [-0.05, 0) is 25.0 Å². The van der Waals surface area contributed by atoms with Gasteiger partial charge in [0.15, 0.2) is 5.96 Å². The molecule has 6 nitrogen and oxygen atoms in total. The molecule has 24 heavy (non-hydrogen) atoms. The van der Waals surface area contributed by atoms with Crippen LogP contribution >= 0.6 is 0 Å². The molecule has 1 aromatic rings. The summed E-state index contributed by atoms with van der Waals surface area (Å²) in [4.78, 5) is 18.2. The number of carbonyl (C=O) groups is 1. The Morgan fingerprint density at radius 3 is 2.67 bits per heavy atom. The minimum Gasteiger partial charge on any atom is -0.492 e. The molecule has 1 aliphatic heterocycles. The molecule has 0 saturated carbocycles. The quantitative estimate of drug-likeness (QED) is 0.384. The number of esters is 1. The van der Waals surface area contributed by atoms with Crippen LogP contribution in [0, 0.1) is 18.8 Å². The minimum atomic E-state index is -0.150. The highest BCUT2D eigenvalue weighted by molar-refractivity contribution is 5.82. The highest BCUT2D eigenvalue weighted by Gasteiger charge is 2.36. The Bertz CT molecular complexity index is 571. The lowest BCUT2D eigenvalue weighted by atomic mass is 9.99. The van der Waals surface area contributed by atoms with Crippen LogP contribution in [-0.2, 0) is 9.53 Å². The number of aliphatic imine (C=N–C) groups is 1. The standard InChI is InChI=1S/C18H27N3O3/c1-13-5-7-15(8-6-13)24-10-9-20-18(19-3)21-11-14(2)16(12-21)17(22)23-4/h5-8,14,16H,9-12H2,1-4H3,(H,19,20). The zero-order valence-corrected chi connectivity index (χ0v) is 14.9. The summed E-state index contributed by atoms with van der Waals surface area (Å²) in [6, 6.07) is 7.99. The molecular weight excluding hydrogens is 306 g/mol. The third kappa shape index (κ3) is 4.63. The molecule has 0 bridgehead atoms. The third-order valence-corrected chi connectivity index (χ3v) is 4.30. The SMILES string of the molecule is CN=C(NCCOc1ccc(C)cc1)N1CC(C)C(C(=O)OC)C1. The number of nitrogens with one attached hydrogen (secondary N) is 1. The van der Waals surface area contributed by atoms with Crippen LogP contribution in [0.3, 0.4) is 0 Å². The summed E-state index contributed by atoms with van der Waals surface area (Å²) in [5, 5.41) is 3.29. The summed E-state index contributed by atoms with van der Waals surface area (Å²) in [5.74, 6) is 1.65. The molecule has 0 amide bonds. The number of nitrogens with zero attached hydrogens (tertiary/aromatic N) is 2. The molecule has 1 aromatic carbocycles. The number of hydrogen-bond acceptors (Lipinski definition) is 4. The van der Waals surface area contributed by atoms with Gasteiger partial charge in [-0.3, -0.25) is 9.79 Å². The van der Waals surface area contributed by atoms with Crippen molar-refractivity contribution in [3.05, 3.63) is 29.8 Å². The van der Waals surface area contributed by atoms with Crippen LogP contribution in [0.1, 0.15) is 12.5 Å². The van der Waals surface area contributed by atoms with Gasteiger partial charge in [0, 0.05) is 20.1 Å². The fourth-order valence-electron chi connectivity index (χ4n) is 2.90. The first-order valence-corrected chi connectivity index (χ1v) is 8.28. The second kappa shape index (κ2) is 8.57. The van der Waals surface area contributed by atoms with E-state index in [1.165, 1.54) is 12.7 Å². The number of likely N-dealkylation sites (tertiary alicyclic amines) is 1. The van der Waals surface area contributed by atoms with Crippen molar-refractivity contribution < 1.29 is 14.3 Å². The van der Waals surface area contributed by atoms with Crippen molar-refractivity contribution in [1.82, 2.24) is 10.2 Å². The number of hydrogen-bond donors (Lipinski definition) is 1. The monoisotopic (exact) mass is 333 g/mol. The van der Waals surface area contributed by atoms with E-state index in [0.717, 1.165) is 18.3 Å². The van der Waals surface area contributed by atoms with Crippen molar-refractivity contribution in [1.29, 1.82) is 0 Å². The molecule has 0 radical (unpaired) electrons. The molecule has 6 heteroatoms. The number of guanidine groups is 1. The normalized spacial score (nSPS) is 20.8. The van der Waals surface area contributed by atoms with E-state index in [1.807, 2.05) is 31.2 Å². The van der Waals surface area contributed by atoms with E-state index in [9.17, 15) is 4.79 Å². The molecule has 2 rings (SSSR count). The van der Waals surface area contributed by atoms with Crippen LogP contribution in [0.5, 0.6) is 5.75 Å². The second-order valence-electron chi connectivity index (χ2n) is 6.15. The predicted octanol–water partition coefficient (Wildman–Crippen LogP) is 1.69. The summed E-state index contributed by atoms with van der Waals surface area (Å²) in [5.41, 5.74) is 1.21. The Morgan fingerprint density at radius 1 is 1.33 bits per heavy atom. The molecule has 1 fully saturated rings. The maximum atomic E-state index is 11.8. The van der Waals surface area contributed by atoms with Crippen LogP contribution in [0.4, 0.5) is 0 Å². The van der Waals surface area contributed by atoms with Crippen molar-refractivity contribution in [3.8, 4) is 5.75 Å². The molecule has 0 spiro atoms. The highest BCUT2D eigenvalue weighted by atomic mass is 16.5. The van der Waals surface area contributed by atoms with Crippen molar-refractivity contribution in [3.63, 3.8) is 0 Å². The third-order valence-electron chi connectivity index (χ3n) is 4.30. The lowest BCUT2D eigenvalue weighted by Gasteiger charge is -2.21. The van der Waals surface area contributed by atoms with E-state index in [0.29, 0.717) is 19.7 Å². The first-order valence-electron chi connectivity index (χ1n) is 8.28. The summed E-state index contributed by atoms with van der Waals surface area (Å²) < 4.78 is 10.6. The van der Waals surface area contributed by atoms with Gasteiger partial charge in [0.05, 0.1) is 19.6 Å². The van der Waals surface area contributed by atoms with Gasteiger partial charge < -0.3 is 19.7 Å². The van der Waals surface area contributed by atoms with E-state index >= 15 is 0 Å². The van der Waals surface area contributed by atoms with Crippen molar-refractivity contribution in [2.75, 3.05) is 40.4 Å². The molecule has 2 atom stereocenters.